The van der Waals surface area contributed by atoms with Crippen LogP contribution in [0.2, 0.25) is 0 Å². The van der Waals surface area contributed by atoms with Crippen molar-refractivity contribution in [3.63, 3.8) is 0 Å². The standard InChI is InChI=1S/C26H26N2O2/c29-25(27-16-20-8-1-2-9-21(20)17-28-13-5-6-14-28)15-22-18-30-24-12-11-19-7-3-4-10-23(19)26(22)24/h1-4,7-12,18H,5-6,13-17H2,(H,27,29). The molecule has 1 N–H and O–H groups in total. The summed E-state index contributed by atoms with van der Waals surface area (Å²) in [7, 11) is 0. The lowest BCUT2D eigenvalue weighted by molar-refractivity contribution is -0.120. The number of benzene rings is 3. The zero-order valence-corrected chi connectivity index (χ0v) is 17.1. The molecule has 2 heterocycles. The minimum Gasteiger partial charge on any atom is -0.464 e. The third-order valence-electron chi connectivity index (χ3n) is 6.08. The number of hydrogen-bond donors (Lipinski definition) is 1. The summed E-state index contributed by atoms with van der Waals surface area (Å²) in [5.41, 5.74) is 4.26. The van der Waals surface area contributed by atoms with Crippen LogP contribution in [0.25, 0.3) is 21.7 Å². The van der Waals surface area contributed by atoms with Gasteiger partial charge in [0.25, 0.3) is 0 Å². The minimum atomic E-state index is 0.0154. The van der Waals surface area contributed by atoms with Crippen LogP contribution in [-0.2, 0) is 24.3 Å². The van der Waals surface area contributed by atoms with Gasteiger partial charge < -0.3 is 9.73 Å². The van der Waals surface area contributed by atoms with Crippen LogP contribution in [0.4, 0.5) is 0 Å². The number of amides is 1. The molecule has 0 bridgehead atoms. The van der Waals surface area contributed by atoms with Gasteiger partial charge in [0, 0.05) is 24.0 Å². The first-order chi connectivity index (χ1) is 14.8. The van der Waals surface area contributed by atoms with E-state index < -0.39 is 0 Å². The Balaban J connectivity index is 1.30. The second-order valence-corrected chi connectivity index (χ2v) is 8.13. The van der Waals surface area contributed by atoms with Crippen LogP contribution in [0.1, 0.15) is 29.5 Å². The molecule has 4 aromatic rings. The summed E-state index contributed by atoms with van der Waals surface area (Å²) in [5, 5.41) is 6.44. The molecule has 0 aliphatic carbocycles. The second kappa shape index (κ2) is 8.33. The van der Waals surface area contributed by atoms with Gasteiger partial charge >= 0.3 is 0 Å². The first-order valence-electron chi connectivity index (χ1n) is 10.7. The van der Waals surface area contributed by atoms with Crippen LogP contribution < -0.4 is 5.32 Å². The Labute approximate surface area is 176 Å². The molecule has 0 spiro atoms. The summed E-state index contributed by atoms with van der Waals surface area (Å²) in [6.07, 6.45) is 4.60. The second-order valence-electron chi connectivity index (χ2n) is 8.13. The van der Waals surface area contributed by atoms with E-state index in [9.17, 15) is 4.79 Å². The minimum absolute atomic E-state index is 0.0154. The zero-order chi connectivity index (χ0) is 20.3. The molecule has 3 aromatic carbocycles. The summed E-state index contributed by atoms with van der Waals surface area (Å²) in [6, 6.07) is 20.7. The van der Waals surface area contributed by atoms with Crippen molar-refractivity contribution in [1.29, 1.82) is 0 Å². The smallest absolute Gasteiger partial charge is 0.224 e. The molecule has 0 saturated carbocycles. The van der Waals surface area contributed by atoms with E-state index in [2.05, 4.69) is 46.6 Å². The van der Waals surface area contributed by atoms with Crippen molar-refractivity contribution >= 4 is 27.6 Å². The Morgan fingerprint density at radius 3 is 2.53 bits per heavy atom. The van der Waals surface area contributed by atoms with Crippen LogP contribution in [-0.4, -0.2) is 23.9 Å². The summed E-state index contributed by atoms with van der Waals surface area (Å²) < 4.78 is 5.73. The summed E-state index contributed by atoms with van der Waals surface area (Å²) in [4.78, 5) is 15.2. The van der Waals surface area contributed by atoms with Crippen LogP contribution in [0, 0.1) is 0 Å². The molecule has 4 nitrogen and oxygen atoms in total. The summed E-state index contributed by atoms with van der Waals surface area (Å²) in [6.45, 7) is 3.86. The molecule has 1 amide bonds. The first kappa shape index (κ1) is 18.9. The first-order valence-corrected chi connectivity index (χ1v) is 10.7. The Hall–Kier alpha value is -3.11. The van der Waals surface area contributed by atoms with Crippen molar-refractivity contribution in [1.82, 2.24) is 10.2 Å². The molecule has 0 radical (unpaired) electrons. The average Bonchev–Trinajstić information content (AvgIpc) is 3.43. The normalized spacial score (nSPS) is 14.5. The molecule has 0 unspecified atom stereocenters. The highest BCUT2D eigenvalue weighted by atomic mass is 16.3. The van der Waals surface area contributed by atoms with Gasteiger partial charge in [0.1, 0.15) is 5.58 Å². The van der Waals surface area contributed by atoms with Crippen molar-refractivity contribution in [2.45, 2.75) is 32.4 Å². The molecule has 1 aliphatic rings. The summed E-state index contributed by atoms with van der Waals surface area (Å²) in [5.74, 6) is 0.0154. The van der Waals surface area contributed by atoms with Gasteiger partial charge in [0.15, 0.2) is 0 Å². The quantitative estimate of drug-likeness (QED) is 0.495. The third kappa shape index (κ3) is 3.83. The van der Waals surface area contributed by atoms with E-state index in [0.29, 0.717) is 13.0 Å². The third-order valence-corrected chi connectivity index (χ3v) is 6.08. The Bertz CT molecular complexity index is 1190. The largest absolute Gasteiger partial charge is 0.464 e. The number of carbonyl (C=O) groups is 1. The Morgan fingerprint density at radius 2 is 1.67 bits per heavy atom. The Morgan fingerprint density at radius 1 is 0.900 bits per heavy atom. The molecule has 0 atom stereocenters. The predicted molar refractivity (Wildman–Crippen MR) is 120 cm³/mol. The topological polar surface area (TPSA) is 45.5 Å². The van der Waals surface area contributed by atoms with Gasteiger partial charge in [-0.05, 0) is 53.9 Å². The summed E-state index contributed by atoms with van der Waals surface area (Å²) >= 11 is 0. The molecule has 1 aliphatic heterocycles. The van der Waals surface area contributed by atoms with Gasteiger partial charge in [-0.15, -0.1) is 0 Å². The van der Waals surface area contributed by atoms with Crippen LogP contribution in [0.5, 0.6) is 0 Å². The lowest BCUT2D eigenvalue weighted by Crippen LogP contribution is -2.26. The molecular weight excluding hydrogens is 372 g/mol. The van der Waals surface area contributed by atoms with Crippen molar-refractivity contribution < 1.29 is 9.21 Å². The van der Waals surface area contributed by atoms with Crippen LogP contribution in [0.3, 0.4) is 0 Å². The van der Waals surface area contributed by atoms with E-state index in [1.54, 1.807) is 6.26 Å². The van der Waals surface area contributed by atoms with E-state index in [-0.39, 0.29) is 5.91 Å². The SMILES string of the molecule is O=C(Cc1coc2ccc3ccccc3c12)NCc1ccccc1CN1CCCC1. The molecular formula is C26H26N2O2. The van der Waals surface area contributed by atoms with Gasteiger partial charge in [0.2, 0.25) is 5.91 Å². The van der Waals surface area contributed by atoms with Crippen LogP contribution in [0.15, 0.2) is 71.3 Å². The number of nitrogens with zero attached hydrogens (tertiary/aromatic N) is 1. The fourth-order valence-electron chi connectivity index (χ4n) is 4.50. The van der Waals surface area contributed by atoms with E-state index in [4.69, 9.17) is 4.42 Å². The number of rotatable bonds is 6. The van der Waals surface area contributed by atoms with E-state index in [0.717, 1.165) is 33.8 Å². The highest BCUT2D eigenvalue weighted by Crippen LogP contribution is 2.30. The average molecular weight is 399 g/mol. The van der Waals surface area contributed by atoms with Gasteiger partial charge in [-0.1, -0.05) is 54.6 Å². The number of likely N-dealkylation sites (tertiary alicyclic amines) is 1. The van der Waals surface area contributed by atoms with E-state index >= 15 is 0 Å². The van der Waals surface area contributed by atoms with Crippen molar-refractivity contribution in [3.05, 3.63) is 83.6 Å². The maximum atomic E-state index is 12.8. The van der Waals surface area contributed by atoms with Crippen molar-refractivity contribution in [2.75, 3.05) is 13.1 Å². The molecule has 1 saturated heterocycles. The number of hydrogen-bond acceptors (Lipinski definition) is 3. The lowest BCUT2D eigenvalue weighted by Gasteiger charge is -2.17. The van der Waals surface area contributed by atoms with Crippen LogP contribution >= 0.6 is 0 Å². The molecule has 4 heteroatoms. The van der Waals surface area contributed by atoms with Gasteiger partial charge in [-0.2, -0.15) is 0 Å². The number of fused-ring (bicyclic) bond motifs is 3. The van der Waals surface area contributed by atoms with Gasteiger partial charge in [-0.3, -0.25) is 9.69 Å². The van der Waals surface area contributed by atoms with E-state index in [1.165, 1.54) is 37.1 Å². The highest BCUT2D eigenvalue weighted by molar-refractivity contribution is 6.08. The maximum absolute atomic E-state index is 12.8. The molecule has 152 valence electrons. The van der Waals surface area contributed by atoms with Gasteiger partial charge in [0.05, 0.1) is 12.7 Å². The molecule has 5 rings (SSSR count). The number of furan rings is 1. The monoisotopic (exact) mass is 398 g/mol. The highest BCUT2D eigenvalue weighted by Gasteiger charge is 2.15. The number of nitrogens with one attached hydrogen (secondary N) is 1. The lowest BCUT2D eigenvalue weighted by atomic mass is 10.0. The fraction of sp³-hybridized carbons (Fsp3) is 0.269. The van der Waals surface area contributed by atoms with Crippen molar-refractivity contribution in [3.8, 4) is 0 Å². The fourth-order valence-corrected chi connectivity index (χ4v) is 4.50. The maximum Gasteiger partial charge on any atom is 0.224 e. The molecule has 30 heavy (non-hydrogen) atoms. The predicted octanol–water partition coefficient (Wildman–Crippen LogP) is 5.04. The van der Waals surface area contributed by atoms with E-state index in [1.807, 2.05) is 24.3 Å². The van der Waals surface area contributed by atoms with Crippen molar-refractivity contribution in [2.24, 2.45) is 0 Å². The molecule has 1 fully saturated rings. The Kier molecular flexibility index (Phi) is 5.24. The van der Waals surface area contributed by atoms with Gasteiger partial charge in [-0.25, -0.2) is 0 Å². The number of carbonyl (C=O) groups excluding carboxylic acids is 1. The molecule has 1 aromatic heterocycles. The zero-order valence-electron chi connectivity index (χ0n) is 17.1.